The number of rotatable bonds is 6. The first-order chi connectivity index (χ1) is 10.5. The molecule has 2 aliphatic rings. The van der Waals surface area contributed by atoms with Crippen molar-refractivity contribution in [2.75, 3.05) is 6.61 Å². The highest BCUT2D eigenvalue weighted by Gasteiger charge is 2.53. The molecule has 2 heterocycles. The van der Waals surface area contributed by atoms with Gasteiger partial charge in [-0.15, -0.1) is 0 Å². The maximum absolute atomic E-state index is 11.6. The van der Waals surface area contributed by atoms with Crippen molar-refractivity contribution in [3.63, 3.8) is 0 Å². The Kier molecular flexibility index (Phi) is 5.51. The zero-order chi connectivity index (χ0) is 17.5. The molecule has 134 valence electrons. The molecular weight excluding hydrogens is 364 g/mol. The molecule has 5 nitrogen and oxygen atoms in total. The second-order valence-corrected chi connectivity index (χ2v) is 8.87. The zero-order valence-electron chi connectivity index (χ0n) is 14.7. The van der Waals surface area contributed by atoms with Crippen LogP contribution in [0.25, 0.3) is 0 Å². The summed E-state index contributed by atoms with van der Waals surface area (Å²) < 4.78 is 17.5. The Balaban J connectivity index is 2.07. The monoisotopic (exact) mass is 392 g/mol. The number of hydrogen-bond acceptors (Lipinski definition) is 5. The van der Waals surface area contributed by atoms with Crippen molar-refractivity contribution in [1.29, 1.82) is 0 Å². The van der Waals surface area contributed by atoms with E-state index in [1.165, 1.54) is 6.92 Å². The minimum absolute atomic E-state index is 0.0286. The highest BCUT2D eigenvalue weighted by atomic mass is 79.9. The standard InChI is InChI=1S/C17H29BrO5/c1-11(20)21-13(7-9-16(4)14(10-19)22-16)17(5)8-6-12(18)15(2,3)23-17/h12-14,19H,6-10H2,1-5H3/t12-,13-,14+,16+,17+/m1/s1. The average Bonchev–Trinajstić information content (AvgIpc) is 3.10. The van der Waals surface area contributed by atoms with Gasteiger partial charge in [-0.3, -0.25) is 4.79 Å². The fourth-order valence-electron chi connectivity index (χ4n) is 3.55. The average molecular weight is 393 g/mol. The lowest BCUT2D eigenvalue weighted by atomic mass is 9.81. The number of carbonyl (C=O) groups excluding carboxylic acids is 1. The van der Waals surface area contributed by atoms with Crippen molar-refractivity contribution in [1.82, 2.24) is 0 Å². The molecule has 0 aromatic rings. The molecule has 2 aliphatic heterocycles. The molecule has 0 radical (unpaired) electrons. The molecule has 0 spiro atoms. The Morgan fingerprint density at radius 3 is 2.52 bits per heavy atom. The number of aliphatic hydroxyl groups excluding tert-OH is 1. The molecular formula is C17H29BrO5. The molecule has 0 aromatic carbocycles. The first kappa shape index (κ1) is 19.2. The first-order valence-electron chi connectivity index (χ1n) is 8.32. The summed E-state index contributed by atoms with van der Waals surface area (Å²) in [5.41, 5.74) is -1.15. The Bertz CT molecular complexity index is 454. The number of alkyl halides is 1. The van der Waals surface area contributed by atoms with Gasteiger partial charge in [-0.25, -0.2) is 0 Å². The third-order valence-electron chi connectivity index (χ3n) is 5.24. The first-order valence-corrected chi connectivity index (χ1v) is 9.24. The van der Waals surface area contributed by atoms with Crippen LogP contribution in [-0.4, -0.2) is 51.5 Å². The lowest BCUT2D eigenvalue weighted by Crippen LogP contribution is -2.56. The summed E-state index contributed by atoms with van der Waals surface area (Å²) in [6, 6.07) is 0. The minimum Gasteiger partial charge on any atom is -0.459 e. The number of ether oxygens (including phenoxy) is 3. The summed E-state index contributed by atoms with van der Waals surface area (Å²) in [4.78, 5) is 11.8. The van der Waals surface area contributed by atoms with Gasteiger partial charge in [0.1, 0.15) is 17.8 Å². The van der Waals surface area contributed by atoms with E-state index in [1.54, 1.807) is 0 Å². The van der Waals surface area contributed by atoms with Crippen molar-refractivity contribution in [3.05, 3.63) is 0 Å². The molecule has 5 atom stereocenters. The Morgan fingerprint density at radius 2 is 2.04 bits per heavy atom. The second kappa shape index (κ2) is 6.62. The van der Waals surface area contributed by atoms with Gasteiger partial charge in [-0.1, -0.05) is 15.9 Å². The largest absolute Gasteiger partial charge is 0.459 e. The number of carbonyl (C=O) groups is 1. The lowest BCUT2D eigenvalue weighted by molar-refractivity contribution is -0.217. The van der Waals surface area contributed by atoms with Crippen LogP contribution >= 0.6 is 15.9 Å². The zero-order valence-corrected chi connectivity index (χ0v) is 16.3. The summed E-state index contributed by atoms with van der Waals surface area (Å²) in [6.07, 6.45) is 2.75. The summed E-state index contributed by atoms with van der Waals surface area (Å²) in [5, 5.41) is 9.21. The molecule has 0 unspecified atom stereocenters. The van der Waals surface area contributed by atoms with E-state index in [0.29, 0.717) is 6.42 Å². The quantitative estimate of drug-likeness (QED) is 0.427. The minimum atomic E-state index is -0.514. The van der Waals surface area contributed by atoms with Crippen molar-refractivity contribution in [2.24, 2.45) is 0 Å². The van der Waals surface area contributed by atoms with Gasteiger partial charge < -0.3 is 19.3 Å². The number of aliphatic hydroxyl groups is 1. The summed E-state index contributed by atoms with van der Waals surface area (Å²) in [7, 11) is 0. The molecule has 0 bridgehead atoms. The molecule has 0 aliphatic carbocycles. The Morgan fingerprint density at radius 1 is 1.39 bits per heavy atom. The van der Waals surface area contributed by atoms with Gasteiger partial charge in [0.05, 0.1) is 17.8 Å². The van der Waals surface area contributed by atoms with Gasteiger partial charge in [-0.05, 0) is 53.4 Å². The SMILES string of the molecule is CC(=O)O[C@H](CC[C@]1(C)O[C@H]1CO)[C@]1(C)CC[C@@H](Br)C(C)(C)O1. The van der Waals surface area contributed by atoms with E-state index in [-0.39, 0.29) is 40.8 Å². The molecule has 2 saturated heterocycles. The van der Waals surface area contributed by atoms with Crippen LogP contribution in [-0.2, 0) is 19.0 Å². The van der Waals surface area contributed by atoms with Gasteiger partial charge in [0.2, 0.25) is 0 Å². The Labute approximate surface area is 147 Å². The van der Waals surface area contributed by atoms with E-state index < -0.39 is 5.60 Å². The normalized spacial score (nSPS) is 40.5. The fraction of sp³-hybridized carbons (Fsp3) is 0.941. The van der Waals surface area contributed by atoms with Crippen molar-refractivity contribution in [3.8, 4) is 0 Å². The Hall–Kier alpha value is -0.170. The van der Waals surface area contributed by atoms with Crippen molar-refractivity contribution >= 4 is 21.9 Å². The molecule has 2 rings (SSSR count). The molecule has 1 N–H and O–H groups in total. The van der Waals surface area contributed by atoms with Gasteiger partial charge >= 0.3 is 5.97 Å². The summed E-state index contributed by atoms with van der Waals surface area (Å²) in [5.74, 6) is -0.292. The maximum Gasteiger partial charge on any atom is 0.303 e. The number of hydrogen-bond donors (Lipinski definition) is 1. The molecule has 6 heteroatoms. The highest BCUT2D eigenvalue weighted by Crippen LogP contribution is 2.45. The van der Waals surface area contributed by atoms with Gasteiger partial charge in [-0.2, -0.15) is 0 Å². The van der Waals surface area contributed by atoms with E-state index in [9.17, 15) is 9.90 Å². The van der Waals surface area contributed by atoms with E-state index in [4.69, 9.17) is 14.2 Å². The number of halogens is 1. The summed E-state index contributed by atoms with van der Waals surface area (Å²) >= 11 is 3.68. The smallest absolute Gasteiger partial charge is 0.303 e. The van der Waals surface area contributed by atoms with E-state index in [1.807, 2.05) is 13.8 Å². The maximum atomic E-state index is 11.6. The van der Waals surface area contributed by atoms with E-state index >= 15 is 0 Å². The predicted molar refractivity (Wildman–Crippen MR) is 90.7 cm³/mol. The molecule has 0 aromatic heterocycles. The van der Waals surface area contributed by atoms with Crippen LogP contribution in [0.3, 0.4) is 0 Å². The van der Waals surface area contributed by atoms with Crippen LogP contribution in [0.2, 0.25) is 0 Å². The molecule has 0 saturated carbocycles. The van der Waals surface area contributed by atoms with Gasteiger partial charge in [0.15, 0.2) is 0 Å². The molecule has 2 fully saturated rings. The van der Waals surface area contributed by atoms with Crippen LogP contribution in [0, 0.1) is 0 Å². The van der Waals surface area contributed by atoms with Crippen LogP contribution in [0.5, 0.6) is 0 Å². The van der Waals surface area contributed by atoms with Crippen LogP contribution in [0.4, 0.5) is 0 Å². The number of esters is 1. The fourth-order valence-corrected chi connectivity index (χ4v) is 3.87. The van der Waals surface area contributed by atoms with E-state index in [2.05, 4.69) is 29.8 Å². The third kappa shape index (κ3) is 4.27. The van der Waals surface area contributed by atoms with Crippen LogP contribution in [0.1, 0.15) is 60.3 Å². The van der Waals surface area contributed by atoms with Crippen LogP contribution in [0.15, 0.2) is 0 Å². The van der Waals surface area contributed by atoms with Crippen molar-refractivity contribution < 1.29 is 24.1 Å². The highest BCUT2D eigenvalue weighted by molar-refractivity contribution is 9.09. The van der Waals surface area contributed by atoms with Gasteiger partial charge in [0.25, 0.3) is 0 Å². The van der Waals surface area contributed by atoms with Crippen molar-refractivity contribution in [2.45, 2.75) is 94.1 Å². The number of epoxide rings is 1. The van der Waals surface area contributed by atoms with Gasteiger partial charge in [0, 0.05) is 11.8 Å². The second-order valence-electron chi connectivity index (χ2n) is 7.76. The van der Waals surface area contributed by atoms with Crippen LogP contribution < -0.4 is 0 Å². The third-order valence-corrected chi connectivity index (χ3v) is 6.80. The summed E-state index contributed by atoms with van der Waals surface area (Å²) in [6.45, 7) is 9.59. The molecule has 0 amide bonds. The predicted octanol–water partition coefficient (Wildman–Crippen LogP) is 2.96. The van der Waals surface area contributed by atoms with E-state index in [0.717, 1.165) is 19.3 Å². The molecule has 23 heavy (non-hydrogen) atoms. The lowest BCUT2D eigenvalue weighted by Gasteiger charge is -2.49. The topological polar surface area (TPSA) is 68.3 Å².